The summed E-state index contributed by atoms with van der Waals surface area (Å²) >= 11 is 3.33. The Kier molecular flexibility index (Phi) is 7.58. The van der Waals surface area contributed by atoms with E-state index in [2.05, 4.69) is 21.2 Å². The number of benzene rings is 1. The van der Waals surface area contributed by atoms with Crippen molar-refractivity contribution >= 4 is 21.8 Å². The maximum atomic E-state index is 11.8. The van der Waals surface area contributed by atoms with E-state index in [1.807, 2.05) is 0 Å². The van der Waals surface area contributed by atoms with Crippen LogP contribution >= 0.6 is 15.9 Å². The summed E-state index contributed by atoms with van der Waals surface area (Å²) in [5, 5.41) is 12.0. The number of aliphatic hydroxyl groups excluding tert-OH is 1. The van der Waals surface area contributed by atoms with E-state index in [4.69, 9.17) is 9.47 Å². The molecule has 1 rings (SSSR count). The monoisotopic (exact) mass is 345 g/mol. The molecular weight excluding hydrogens is 326 g/mol. The average Bonchev–Trinajstić information content (AvgIpc) is 2.45. The number of rotatable bonds is 8. The molecule has 0 spiro atoms. The van der Waals surface area contributed by atoms with Gasteiger partial charge in [0.1, 0.15) is 5.75 Å². The molecular formula is C14H20BrNO4. The van der Waals surface area contributed by atoms with Crippen molar-refractivity contribution in [1.29, 1.82) is 0 Å². The van der Waals surface area contributed by atoms with Crippen molar-refractivity contribution in [3.8, 4) is 5.75 Å². The molecule has 0 heterocycles. The van der Waals surface area contributed by atoms with Crippen LogP contribution in [-0.2, 0) is 16.1 Å². The van der Waals surface area contributed by atoms with Crippen LogP contribution in [0.15, 0.2) is 22.7 Å². The second-order valence-corrected chi connectivity index (χ2v) is 5.16. The molecule has 2 N–H and O–H groups in total. The van der Waals surface area contributed by atoms with Gasteiger partial charge in [-0.25, -0.2) is 0 Å². The Morgan fingerprint density at radius 2 is 2.25 bits per heavy atom. The summed E-state index contributed by atoms with van der Waals surface area (Å²) in [5.74, 6) is 0.381. The first-order chi connectivity index (χ1) is 9.58. The van der Waals surface area contributed by atoms with E-state index in [0.29, 0.717) is 18.9 Å². The second kappa shape index (κ2) is 8.94. The SMILES string of the molecule is COCCCNC(=O)C(C)Oc1ccc(Br)c(CO)c1. The van der Waals surface area contributed by atoms with Gasteiger partial charge in [0.15, 0.2) is 6.10 Å². The third kappa shape index (κ3) is 5.48. The van der Waals surface area contributed by atoms with Gasteiger partial charge >= 0.3 is 0 Å². The van der Waals surface area contributed by atoms with Gasteiger partial charge in [-0.3, -0.25) is 4.79 Å². The summed E-state index contributed by atoms with van der Waals surface area (Å²) in [6, 6.07) is 5.24. The number of aliphatic hydroxyl groups is 1. The predicted octanol–water partition coefficient (Wildman–Crippen LogP) is 1.86. The van der Waals surface area contributed by atoms with Gasteiger partial charge in [-0.1, -0.05) is 15.9 Å². The highest BCUT2D eigenvalue weighted by atomic mass is 79.9. The van der Waals surface area contributed by atoms with Gasteiger partial charge in [0.25, 0.3) is 5.91 Å². The van der Waals surface area contributed by atoms with E-state index in [0.717, 1.165) is 16.5 Å². The Labute approximate surface area is 127 Å². The Morgan fingerprint density at radius 3 is 2.90 bits per heavy atom. The number of carbonyl (C=O) groups excluding carboxylic acids is 1. The van der Waals surface area contributed by atoms with E-state index in [1.54, 1.807) is 32.2 Å². The van der Waals surface area contributed by atoms with Crippen molar-refractivity contribution in [3.63, 3.8) is 0 Å². The molecule has 1 unspecified atom stereocenters. The summed E-state index contributed by atoms with van der Waals surface area (Å²) < 4.78 is 11.3. The van der Waals surface area contributed by atoms with E-state index in [9.17, 15) is 9.90 Å². The van der Waals surface area contributed by atoms with Crippen LogP contribution in [0.5, 0.6) is 5.75 Å². The lowest BCUT2D eigenvalue weighted by Crippen LogP contribution is -2.37. The van der Waals surface area contributed by atoms with Crippen LogP contribution < -0.4 is 10.1 Å². The first-order valence-corrected chi connectivity index (χ1v) is 7.20. The third-order valence-corrected chi connectivity index (χ3v) is 3.47. The lowest BCUT2D eigenvalue weighted by Gasteiger charge is -2.15. The Bertz CT molecular complexity index is 439. The maximum Gasteiger partial charge on any atom is 0.260 e. The minimum absolute atomic E-state index is 0.0879. The van der Waals surface area contributed by atoms with Gasteiger partial charge in [0, 0.05) is 24.7 Å². The maximum absolute atomic E-state index is 11.8. The van der Waals surface area contributed by atoms with Crippen molar-refractivity contribution < 1.29 is 19.4 Å². The van der Waals surface area contributed by atoms with Gasteiger partial charge in [-0.2, -0.15) is 0 Å². The predicted molar refractivity (Wildman–Crippen MR) is 79.7 cm³/mol. The van der Waals surface area contributed by atoms with E-state index < -0.39 is 6.10 Å². The van der Waals surface area contributed by atoms with Crippen LogP contribution in [0.3, 0.4) is 0 Å². The van der Waals surface area contributed by atoms with Crippen molar-refractivity contribution in [1.82, 2.24) is 5.32 Å². The average molecular weight is 346 g/mol. The number of carbonyl (C=O) groups is 1. The van der Waals surface area contributed by atoms with E-state index in [1.165, 1.54) is 0 Å². The molecule has 5 nitrogen and oxygen atoms in total. The molecule has 20 heavy (non-hydrogen) atoms. The minimum atomic E-state index is -0.592. The van der Waals surface area contributed by atoms with Gasteiger partial charge in [-0.15, -0.1) is 0 Å². The van der Waals surface area contributed by atoms with Crippen LogP contribution in [0.4, 0.5) is 0 Å². The number of methoxy groups -OCH3 is 1. The summed E-state index contributed by atoms with van der Waals surface area (Å²) in [4.78, 5) is 11.8. The van der Waals surface area contributed by atoms with Crippen molar-refractivity contribution in [2.45, 2.75) is 26.1 Å². The minimum Gasteiger partial charge on any atom is -0.481 e. The molecule has 0 saturated heterocycles. The largest absolute Gasteiger partial charge is 0.481 e. The third-order valence-electron chi connectivity index (χ3n) is 2.69. The number of hydrogen-bond acceptors (Lipinski definition) is 4. The lowest BCUT2D eigenvalue weighted by molar-refractivity contribution is -0.127. The Morgan fingerprint density at radius 1 is 1.50 bits per heavy atom. The highest BCUT2D eigenvalue weighted by Crippen LogP contribution is 2.23. The second-order valence-electron chi connectivity index (χ2n) is 4.31. The van der Waals surface area contributed by atoms with Gasteiger partial charge in [0.05, 0.1) is 6.61 Å². The standard InChI is InChI=1S/C14H20BrNO4/c1-10(14(18)16-6-3-7-19-2)20-12-4-5-13(15)11(8-12)9-17/h4-5,8,10,17H,3,6-7,9H2,1-2H3,(H,16,18). The topological polar surface area (TPSA) is 67.8 Å². The Hall–Kier alpha value is -1.11. The summed E-state index contributed by atoms with van der Waals surface area (Å²) in [6.45, 7) is 2.77. The molecule has 112 valence electrons. The number of hydrogen-bond donors (Lipinski definition) is 2. The van der Waals surface area contributed by atoms with Crippen LogP contribution in [0.1, 0.15) is 18.9 Å². The molecule has 0 aliphatic heterocycles. The van der Waals surface area contributed by atoms with Crippen molar-refractivity contribution in [2.24, 2.45) is 0 Å². The number of halogens is 1. The molecule has 6 heteroatoms. The fourth-order valence-electron chi connectivity index (χ4n) is 1.58. The zero-order valence-corrected chi connectivity index (χ0v) is 13.3. The van der Waals surface area contributed by atoms with Crippen molar-refractivity contribution in [3.05, 3.63) is 28.2 Å². The molecule has 1 aromatic carbocycles. The summed E-state index contributed by atoms with van der Waals surface area (Å²) in [6.07, 6.45) is 0.173. The fraction of sp³-hybridized carbons (Fsp3) is 0.500. The first-order valence-electron chi connectivity index (χ1n) is 6.41. The summed E-state index contributed by atoms with van der Waals surface area (Å²) in [5.41, 5.74) is 0.718. The smallest absolute Gasteiger partial charge is 0.260 e. The van der Waals surface area contributed by atoms with Crippen LogP contribution in [-0.4, -0.2) is 37.4 Å². The molecule has 1 atom stereocenters. The molecule has 1 amide bonds. The number of nitrogens with one attached hydrogen (secondary N) is 1. The van der Waals surface area contributed by atoms with E-state index in [-0.39, 0.29) is 12.5 Å². The highest BCUT2D eigenvalue weighted by Gasteiger charge is 2.14. The molecule has 0 aliphatic carbocycles. The molecule has 0 aromatic heterocycles. The van der Waals surface area contributed by atoms with Crippen LogP contribution in [0, 0.1) is 0 Å². The van der Waals surface area contributed by atoms with Gasteiger partial charge < -0.3 is 19.9 Å². The molecule has 1 aromatic rings. The first kappa shape index (κ1) is 16.9. The molecule has 0 radical (unpaired) electrons. The van der Waals surface area contributed by atoms with Crippen molar-refractivity contribution in [2.75, 3.05) is 20.3 Å². The van der Waals surface area contributed by atoms with Gasteiger partial charge in [-0.05, 0) is 37.1 Å². The molecule has 0 aliphatic rings. The lowest BCUT2D eigenvalue weighted by atomic mass is 10.2. The van der Waals surface area contributed by atoms with Gasteiger partial charge in [0.2, 0.25) is 0 Å². The van der Waals surface area contributed by atoms with Crippen LogP contribution in [0.25, 0.3) is 0 Å². The highest BCUT2D eigenvalue weighted by molar-refractivity contribution is 9.10. The quantitative estimate of drug-likeness (QED) is 0.705. The Balaban J connectivity index is 2.48. The number of ether oxygens (including phenoxy) is 2. The summed E-state index contributed by atoms with van der Waals surface area (Å²) in [7, 11) is 1.62. The van der Waals surface area contributed by atoms with Crippen LogP contribution in [0.2, 0.25) is 0 Å². The molecule has 0 fully saturated rings. The fourth-order valence-corrected chi connectivity index (χ4v) is 1.95. The van der Waals surface area contributed by atoms with E-state index >= 15 is 0 Å². The zero-order chi connectivity index (χ0) is 15.0. The molecule has 0 saturated carbocycles. The molecule has 0 bridgehead atoms. The zero-order valence-electron chi connectivity index (χ0n) is 11.7. The number of amides is 1. The normalized spacial score (nSPS) is 12.0.